The van der Waals surface area contributed by atoms with Crippen LogP contribution in [0.15, 0.2) is 6.33 Å². The van der Waals surface area contributed by atoms with Crippen LogP contribution in [0.4, 0.5) is 0 Å². The molecule has 0 unspecified atom stereocenters. The highest BCUT2D eigenvalue weighted by Gasteiger charge is 2.04. The fraction of sp³-hybridized carbons (Fsp3) is 0.333. The fourth-order valence-corrected chi connectivity index (χ4v) is 0.663. The second-order valence-electron chi connectivity index (χ2n) is 1.85. The molecule has 0 aromatic carbocycles. The van der Waals surface area contributed by atoms with Crippen molar-refractivity contribution < 1.29 is 10.2 Å². The summed E-state index contributed by atoms with van der Waals surface area (Å²) in [5, 5.41) is 17.9. The lowest BCUT2D eigenvalue weighted by molar-refractivity contribution is 0.381. The summed E-state index contributed by atoms with van der Waals surface area (Å²) in [7, 11) is 0. The molecule has 4 nitrogen and oxygen atoms in total. The molecular formula is C6H8N2O2. The van der Waals surface area contributed by atoms with Crippen LogP contribution >= 0.6 is 0 Å². The minimum Gasteiger partial charge on any atom is -0.502 e. The van der Waals surface area contributed by atoms with Crippen molar-refractivity contribution in [1.82, 2.24) is 9.97 Å². The van der Waals surface area contributed by atoms with Crippen LogP contribution in [0.1, 0.15) is 12.6 Å². The first kappa shape index (κ1) is 6.80. The normalized spacial score (nSPS) is 9.70. The molecule has 4 heteroatoms. The lowest BCUT2D eigenvalue weighted by atomic mass is 10.3. The fourth-order valence-electron chi connectivity index (χ4n) is 0.663. The van der Waals surface area contributed by atoms with E-state index in [1.807, 2.05) is 6.92 Å². The van der Waals surface area contributed by atoms with Crippen LogP contribution in [-0.4, -0.2) is 20.2 Å². The smallest absolute Gasteiger partial charge is 0.257 e. The van der Waals surface area contributed by atoms with Crippen molar-refractivity contribution in [2.75, 3.05) is 0 Å². The molecule has 0 bridgehead atoms. The quantitative estimate of drug-likeness (QED) is 0.594. The predicted molar refractivity (Wildman–Crippen MR) is 34.7 cm³/mol. The standard InChI is InChI=1S/C6H8N2O2/c1-2-4-5(9)6(10)8-3-7-4/h3,9H,2H2,1H3,(H,7,8,10). The van der Waals surface area contributed by atoms with E-state index in [1.54, 1.807) is 0 Å². The number of aromatic nitrogens is 2. The third-order valence-corrected chi connectivity index (χ3v) is 1.21. The summed E-state index contributed by atoms with van der Waals surface area (Å²) in [4.78, 5) is 7.12. The van der Waals surface area contributed by atoms with Crippen LogP contribution in [0, 0.1) is 0 Å². The number of hydrogen-bond acceptors (Lipinski definition) is 4. The van der Waals surface area contributed by atoms with E-state index in [0.29, 0.717) is 12.1 Å². The maximum atomic E-state index is 9.02. The van der Waals surface area contributed by atoms with Crippen molar-refractivity contribution in [2.24, 2.45) is 0 Å². The summed E-state index contributed by atoms with van der Waals surface area (Å²) in [5.41, 5.74) is 0.465. The molecule has 2 N–H and O–H groups in total. The molecule has 1 heterocycles. The zero-order valence-corrected chi connectivity index (χ0v) is 5.57. The minimum absolute atomic E-state index is 0.218. The van der Waals surface area contributed by atoms with Gasteiger partial charge in [-0.15, -0.1) is 0 Å². The Kier molecular flexibility index (Phi) is 1.71. The van der Waals surface area contributed by atoms with Gasteiger partial charge in [0.25, 0.3) is 5.88 Å². The number of rotatable bonds is 1. The molecule has 0 atom stereocenters. The summed E-state index contributed by atoms with van der Waals surface area (Å²) < 4.78 is 0. The second kappa shape index (κ2) is 2.51. The van der Waals surface area contributed by atoms with Gasteiger partial charge in [0.2, 0.25) is 0 Å². The zero-order valence-electron chi connectivity index (χ0n) is 5.57. The molecule has 0 fully saturated rings. The molecular weight excluding hydrogens is 132 g/mol. The van der Waals surface area contributed by atoms with Gasteiger partial charge < -0.3 is 10.2 Å². The Labute approximate surface area is 58.2 Å². The van der Waals surface area contributed by atoms with Crippen molar-refractivity contribution in [2.45, 2.75) is 13.3 Å². The van der Waals surface area contributed by atoms with Crippen LogP contribution in [0.2, 0.25) is 0 Å². The van der Waals surface area contributed by atoms with Gasteiger partial charge >= 0.3 is 0 Å². The Morgan fingerprint density at radius 1 is 1.40 bits per heavy atom. The van der Waals surface area contributed by atoms with Crippen LogP contribution in [0.25, 0.3) is 0 Å². The topological polar surface area (TPSA) is 66.2 Å². The van der Waals surface area contributed by atoms with Crippen molar-refractivity contribution in [3.05, 3.63) is 12.0 Å². The van der Waals surface area contributed by atoms with Gasteiger partial charge in [-0.05, 0) is 6.42 Å². The summed E-state index contributed by atoms with van der Waals surface area (Å²) >= 11 is 0. The summed E-state index contributed by atoms with van der Waals surface area (Å²) in [6, 6.07) is 0. The first-order chi connectivity index (χ1) is 4.75. The van der Waals surface area contributed by atoms with Crippen LogP contribution < -0.4 is 0 Å². The van der Waals surface area contributed by atoms with E-state index in [4.69, 9.17) is 10.2 Å². The maximum absolute atomic E-state index is 9.02. The Balaban J connectivity index is 3.14. The Hall–Kier alpha value is -1.32. The highest BCUT2D eigenvalue weighted by Crippen LogP contribution is 2.23. The van der Waals surface area contributed by atoms with Crippen molar-refractivity contribution in [3.8, 4) is 11.6 Å². The highest BCUT2D eigenvalue weighted by atomic mass is 16.3. The Morgan fingerprint density at radius 2 is 2.10 bits per heavy atom. The minimum atomic E-state index is -0.355. The molecule has 0 radical (unpaired) electrons. The third kappa shape index (κ3) is 1.00. The van der Waals surface area contributed by atoms with Crippen molar-refractivity contribution in [3.63, 3.8) is 0 Å². The molecule has 0 amide bonds. The maximum Gasteiger partial charge on any atom is 0.257 e. The predicted octanol–water partition coefficient (Wildman–Crippen LogP) is 0.450. The van der Waals surface area contributed by atoms with Gasteiger partial charge in [-0.25, -0.2) is 4.98 Å². The zero-order chi connectivity index (χ0) is 7.56. The van der Waals surface area contributed by atoms with E-state index in [1.165, 1.54) is 6.33 Å². The summed E-state index contributed by atoms with van der Waals surface area (Å²) in [6.45, 7) is 1.83. The average molecular weight is 140 g/mol. The number of hydrogen-bond donors (Lipinski definition) is 2. The lowest BCUT2D eigenvalue weighted by Gasteiger charge is -1.98. The molecule has 10 heavy (non-hydrogen) atoms. The van der Waals surface area contributed by atoms with Gasteiger partial charge in [-0.3, -0.25) is 0 Å². The number of aryl methyl sites for hydroxylation is 1. The van der Waals surface area contributed by atoms with Gasteiger partial charge in [0.1, 0.15) is 6.33 Å². The SMILES string of the molecule is CCc1ncnc(O)c1O. The molecule has 0 aliphatic heterocycles. The molecule has 0 aliphatic rings. The first-order valence-corrected chi connectivity index (χ1v) is 2.97. The number of nitrogens with zero attached hydrogens (tertiary/aromatic N) is 2. The van der Waals surface area contributed by atoms with Crippen LogP contribution in [0.3, 0.4) is 0 Å². The number of aromatic hydroxyl groups is 2. The lowest BCUT2D eigenvalue weighted by Crippen LogP contribution is -1.88. The summed E-state index contributed by atoms with van der Waals surface area (Å²) in [5.74, 6) is -0.572. The van der Waals surface area contributed by atoms with E-state index in [-0.39, 0.29) is 11.6 Å². The molecule has 1 rings (SSSR count). The largest absolute Gasteiger partial charge is 0.502 e. The Bertz CT molecular complexity index is 237. The molecule has 1 aromatic heterocycles. The highest BCUT2D eigenvalue weighted by molar-refractivity contribution is 5.33. The monoisotopic (exact) mass is 140 g/mol. The van der Waals surface area contributed by atoms with E-state index in [9.17, 15) is 0 Å². The van der Waals surface area contributed by atoms with Gasteiger partial charge in [0, 0.05) is 0 Å². The molecule has 0 saturated carbocycles. The molecule has 54 valence electrons. The van der Waals surface area contributed by atoms with E-state index in [2.05, 4.69) is 9.97 Å². The summed E-state index contributed by atoms with van der Waals surface area (Å²) in [6.07, 6.45) is 1.80. The van der Waals surface area contributed by atoms with E-state index in [0.717, 1.165) is 0 Å². The molecule has 0 aliphatic carbocycles. The third-order valence-electron chi connectivity index (χ3n) is 1.21. The van der Waals surface area contributed by atoms with Gasteiger partial charge in [0.05, 0.1) is 5.69 Å². The van der Waals surface area contributed by atoms with Gasteiger partial charge in [0.15, 0.2) is 5.75 Å². The van der Waals surface area contributed by atoms with Crippen LogP contribution in [0.5, 0.6) is 11.6 Å². The van der Waals surface area contributed by atoms with Crippen LogP contribution in [-0.2, 0) is 6.42 Å². The van der Waals surface area contributed by atoms with Crippen molar-refractivity contribution in [1.29, 1.82) is 0 Å². The van der Waals surface area contributed by atoms with Gasteiger partial charge in [-0.2, -0.15) is 4.98 Å². The van der Waals surface area contributed by atoms with E-state index >= 15 is 0 Å². The average Bonchev–Trinajstić information content (AvgIpc) is 1.95. The first-order valence-electron chi connectivity index (χ1n) is 2.97. The Morgan fingerprint density at radius 3 is 2.60 bits per heavy atom. The second-order valence-corrected chi connectivity index (χ2v) is 1.85. The molecule has 0 saturated heterocycles. The van der Waals surface area contributed by atoms with Gasteiger partial charge in [-0.1, -0.05) is 6.92 Å². The van der Waals surface area contributed by atoms with Crippen molar-refractivity contribution >= 4 is 0 Å². The molecule has 0 spiro atoms. The molecule has 1 aromatic rings. The van der Waals surface area contributed by atoms with E-state index < -0.39 is 0 Å².